The molecule has 1 aromatic rings. The van der Waals surface area contributed by atoms with E-state index in [-0.39, 0.29) is 6.10 Å². The molecule has 0 spiro atoms. The molecule has 0 saturated carbocycles. The molecule has 1 unspecified atom stereocenters. The molecule has 1 N–H and O–H groups in total. The highest BCUT2D eigenvalue weighted by atomic mass is 79.9. The number of aliphatic hydroxyl groups is 1. The summed E-state index contributed by atoms with van der Waals surface area (Å²) >= 11 is 3.47. The number of hydrogen-bond acceptors (Lipinski definition) is 2. The molecule has 1 atom stereocenters. The lowest BCUT2D eigenvalue weighted by Crippen LogP contribution is -2.12. The van der Waals surface area contributed by atoms with Crippen molar-refractivity contribution in [1.29, 1.82) is 0 Å². The van der Waals surface area contributed by atoms with E-state index in [1.807, 2.05) is 39.0 Å². The van der Waals surface area contributed by atoms with Crippen molar-refractivity contribution in [3.63, 3.8) is 0 Å². The van der Waals surface area contributed by atoms with Crippen LogP contribution in [-0.4, -0.2) is 17.8 Å². The second-order valence-corrected chi connectivity index (χ2v) is 4.67. The van der Waals surface area contributed by atoms with E-state index in [1.165, 1.54) is 0 Å². The van der Waals surface area contributed by atoms with E-state index in [4.69, 9.17) is 4.74 Å². The maximum Gasteiger partial charge on any atom is 0.103 e. The Labute approximate surface area is 99.4 Å². The Hall–Kier alpha value is -0.380. The SMILES string of the molecule is Cc1cccc(C(O)COC(C)C)c1Br. The number of hydrogen-bond donors (Lipinski definition) is 1. The van der Waals surface area contributed by atoms with Crippen molar-refractivity contribution in [3.8, 4) is 0 Å². The summed E-state index contributed by atoms with van der Waals surface area (Å²) in [5, 5.41) is 9.92. The Balaban J connectivity index is 2.73. The van der Waals surface area contributed by atoms with Crippen LogP contribution in [0, 0.1) is 6.92 Å². The molecule has 0 heterocycles. The van der Waals surface area contributed by atoms with Crippen molar-refractivity contribution in [2.24, 2.45) is 0 Å². The van der Waals surface area contributed by atoms with Crippen LogP contribution in [-0.2, 0) is 4.74 Å². The van der Waals surface area contributed by atoms with Crippen LogP contribution < -0.4 is 0 Å². The quantitative estimate of drug-likeness (QED) is 0.912. The Morgan fingerprint density at radius 3 is 2.67 bits per heavy atom. The maximum atomic E-state index is 9.92. The number of halogens is 1. The molecule has 15 heavy (non-hydrogen) atoms. The Morgan fingerprint density at radius 1 is 1.40 bits per heavy atom. The zero-order valence-electron chi connectivity index (χ0n) is 9.33. The summed E-state index contributed by atoms with van der Waals surface area (Å²) in [4.78, 5) is 0. The van der Waals surface area contributed by atoms with Gasteiger partial charge in [0.25, 0.3) is 0 Å². The number of aryl methyl sites for hydroxylation is 1. The standard InChI is InChI=1S/C12H17BrO2/c1-8(2)15-7-11(14)10-6-4-5-9(3)12(10)13/h4-6,8,11,14H,7H2,1-3H3. The molecule has 3 heteroatoms. The lowest BCUT2D eigenvalue weighted by molar-refractivity contribution is 0.00464. The number of benzene rings is 1. The third-order valence-electron chi connectivity index (χ3n) is 2.17. The Morgan fingerprint density at radius 2 is 2.07 bits per heavy atom. The van der Waals surface area contributed by atoms with Crippen LogP contribution in [0.1, 0.15) is 31.1 Å². The molecular weight excluding hydrogens is 256 g/mol. The van der Waals surface area contributed by atoms with Crippen molar-refractivity contribution in [2.75, 3.05) is 6.61 Å². The van der Waals surface area contributed by atoms with Gasteiger partial charge >= 0.3 is 0 Å². The third-order valence-corrected chi connectivity index (χ3v) is 3.25. The molecule has 2 nitrogen and oxygen atoms in total. The average molecular weight is 273 g/mol. The van der Waals surface area contributed by atoms with Crippen molar-refractivity contribution < 1.29 is 9.84 Å². The van der Waals surface area contributed by atoms with Crippen LogP contribution in [0.3, 0.4) is 0 Å². The molecule has 1 aromatic carbocycles. The van der Waals surface area contributed by atoms with Gasteiger partial charge in [0.05, 0.1) is 12.7 Å². The molecule has 0 amide bonds. The summed E-state index contributed by atoms with van der Waals surface area (Å²) in [6.07, 6.45) is -0.426. The van der Waals surface area contributed by atoms with Crippen molar-refractivity contribution in [2.45, 2.75) is 33.0 Å². The van der Waals surface area contributed by atoms with Gasteiger partial charge < -0.3 is 9.84 Å². The van der Waals surface area contributed by atoms with Gasteiger partial charge in [-0.1, -0.05) is 34.1 Å². The fraction of sp³-hybridized carbons (Fsp3) is 0.500. The van der Waals surface area contributed by atoms with Crippen molar-refractivity contribution in [3.05, 3.63) is 33.8 Å². The molecule has 1 rings (SSSR count). The minimum absolute atomic E-state index is 0.142. The largest absolute Gasteiger partial charge is 0.386 e. The van der Waals surface area contributed by atoms with Crippen LogP contribution in [0.25, 0.3) is 0 Å². The number of aliphatic hydroxyl groups excluding tert-OH is 1. The third kappa shape index (κ3) is 3.59. The molecule has 0 aliphatic carbocycles. The zero-order valence-corrected chi connectivity index (χ0v) is 10.9. The Bertz CT molecular complexity index is 323. The molecule has 84 valence electrons. The van der Waals surface area contributed by atoms with Crippen LogP contribution in [0.15, 0.2) is 22.7 Å². The smallest absolute Gasteiger partial charge is 0.103 e. The van der Waals surface area contributed by atoms with Gasteiger partial charge in [-0.3, -0.25) is 0 Å². The van der Waals surface area contributed by atoms with Crippen molar-refractivity contribution in [1.82, 2.24) is 0 Å². The normalized spacial score (nSPS) is 13.2. The van der Waals surface area contributed by atoms with E-state index >= 15 is 0 Å². The molecule has 0 aliphatic heterocycles. The van der Waals surface area contributed by atoms with Gasteiger partial charge in [0.1, 0.15) is 6.10 Å². The molecule has 0 radical (unpaired) electrons. The summed E-state index contributed by atoms with van der Waals surface area (Å²) in [7, 11) is 0. The second-order valence-electron chi connectivity index (χ2n) is 3.88. The first-order valence-electron chi connectivity index (χ1n) is 5.07. The lowest BCUT2D eigenvalue weighted by atomic mass is 10.1. The Kier molecular flexibility index (Phi) is 4.77. The minimum atomic E-state index is -0.568. The maximum absolute atomic E-state index is 9.92. The van der Waals surface area contributed by atoms with Gasteiger partial charge in [-0.25, -0.2) is 0 Å². The van der Waals surface area contributed by atoms with Crippen LogP contribution in [0.4, 0.5) is 0 Å². The van der Waals surface area contributed by atoms with Crippen LogP contribution in [0.2, 0.25) is 0 Å². The molecule has 0 bridgehead atoms. The minimum Gasteiger partial charge on any atom is -0.386 e. The predicted molar refractivity (Wildman–Crippen MR) is 64.9 cm³/mol. The highest BCUT2D eigenvalue weighted by Crippen LogP contribution is 2.26. The fourth-order valence-electron chi connectivity index (χ4n) is 1.30. The molecular formula is C12H17BrO2. The molecule has 0 aromatic heterocycles. The van der Waals surface area contributed by atoms with Gasteiger partial charge in [-0.15, -0.1) is 0 Å². The van der Waals surface area contributed by atoms with Crippen LogP contribution >= 0.6 is 15.9 Å². The van der Waals surface area contributed by atoms with Gasteiger partial charge in [-0.05, 0) is 31.9 Å². The first-order valence-corrected chi connectivity index (χ1v) is 5.86. The summed E-state index contributed by atoms with van der Waals surface area (Å²) in [6, 6.07) is 5.85. The highest BCUT2D eigenvalue weighted by Gasteiger charge is 2.12. The second kappa shape index (κ2) is 5.64. The molecule has 0 saturated heterocycles. The first kappa shape index (κ1) is 12.7. The van der Waals surface area contributed by atoms with Crippen molar-refractivity contribution >= 4 is 15.9 Å². The van der Waals surface area contributed by atoms with Crippen LogP contribution in [0.5, 0.6) is 0 Å². The van der Waals surface area contributed by atoms with E-state index in [0.29, 0.717) is 6.61 Å². The van der Waals surface area contributed by atoms with E-state index in [1.54, 1.807) is 0 Å². The van der Waals surface area contributed by atoms with E-state index in [2.05, 4.69) is 15.9 Å². The van der Waals surface area contributed by atoms with Gasteiger partial charge in [0, 0.05) is 4.47 Å². The summed E-state index contributed by atoms with van der Waals surface area (Å²) in [5.74, 6) is 0. The monoisotopic (exact) mass is 272 g/mol. The molecule has 0 fully saturated rings. The van der Waals surface area contributed by atoms with Gasteiger partial charge in [0.2, 0.25) is 0 Å². The fourth-order valence-corrected chi connectivity index (χ4v) is 1.83. The van der Waals surface area contributed by atoms with E-state index in [0.717, 1.165) is 15.6 Å². The summed E-state index contributed by atoms with van der Waals surface area (Å²) in [5.41, 5.74) is 2.01. The number of rotatable bonds is 4. The highest BCUT2D eigenvalue weighted by molar-refractivity contribution is 9.10. The van der Waals surface area contributed by atoms with Gasteiger partial charge in [-0.2, -0.15) is 0 Å². The number of ether oxygens (including phenoxy) is 1. The topological polar surface area (TPSA) is 29.5 Å². The molecule has 0 aliphatic rings. The van der Waals surface area contributed by atoms with Gasteiger partial charge in [0.15, 0.2) is 0 Å². The predicted octanol–water partition coefficient (Wildman–Crippen LogP) is 3.22. The summed E-state index contributed by atoms with van der Waals surface area (Å²) < 4.78 is 6.34. The summed E-state index contributed by atoms with van der Waals surface area (Å²) in [6.45, 7) is 6.25. The zero-order chi connectivity index (χ0) is 11.4. The average Bonchev–Trinajstić information content (AvgIpc) is 2.18. The lowest BCUT2D eigenvalue weighted by Gasteiger charge is -2.16. The van der Waals surface area contributed by atoms with E-state index < -0.39 is 6.10 Å². The van der Waals surface area contributed by atoms with E-state index in [9.17, 15) is 5.11 Å². The first-order chi connectivity index (χ1) is 7.02.